The van der Waals surface area contributed by atoms with Crippen molar-refractivity contribution in [2.24, 2.45) is 23.5 Å². The summed E-state index contributed by atoms with van der Waals surface area (Å²) in [4.78, 5) is 39.9. The number of rotatable bonds is 2. The van der Waals surface area contributed by atoms with Gasteiger partial charge >= 0.3 is 0 Å². The van der Waals surface area contributed by atoms with Gasteiger partial charge in [-0.25, -0.2) is 0 Å². The third-order valence-electron chi connectivity index (χ3n) is 7.14. The number of phenols is 1. The van der Waals surface area contributed by atoms with Crippen molar-refractivity contribution in [1.82, 2.24) is 4.90 Å². The molecule has 8 N–H and O–H groups in total. The lowest BCUT2D eigenvalue weighted by molar-refractivity contribution is -0.183. The van der Waals surface area contributed by atoms with E-state index in [0.29, 0.717) is 15.6 Å². The van der Waals surface area contributed by atoms with Gasteiger partial charge in [-0.15, -0.1) is 0 Å². The number of nitrogens with two attached hydrogens (primary N) is 2. The average molecular weight is 557 g/mol. The first-order chi connectivity index (χ1) is 14.8. The molecule has 11 heteroatoms. The number of primary amides is 1. The molecule has 0 aromatic heterocycles. The maximum absolute atomic E-state index is 13.4. The van der Waals surface area contributed by atoms with Crippen LogP contribution in [0.5, 0.6) is 5.75 Å². The van der Waals surface area contributed by atoms with Crippen LogP contribution in [-0.4, -0.2) is 74.6 Å². The second-order valence-corrected chi connectivity index (χ2v) is 10.1. The van der Waals surface area contributed by atoms with Crippen molar-refractivity contribution < 1.29 is 34.8 Å². The summed E-state index contributed by atoms with van der Waals surface area (Å²) in [5, 5.41) is 44.1. The molecular formula is C21H24IN3O7. The molecule has 0 bridgehead atoms. The number of ketones is 2. The van der Waals surface area contributed by atoms with E-state index in [2.05, 4.69) is 0 Å². The molecule has 3 aliphatic carbocycles. The molecule has 1 aromatic carbocycles. The molecule has 4 rings (SSSR count). The zero-order chi connectivity index (χ0) is 23.9. The van der Waals surface area contributed by atoms with Crippen LogP contribution in [0.3, 0.4) is 0 Å². The molecule has 0 aliphatic heterocycles. The number of benzene rings is 1. The number of likely N-dealkylation sites (N-methyl/N-ethyl adjacent to an activating group) is 1. The first-order valence-corrected chi connectivity index (χ1v) is 11.1. The number of nitrogens with zero attached hydrogens (tertiary/aromatic N) is 1. The number of carbonyl (C=O) groups is 3. The van der Waals surface area contributed by atoms with Gasteiger partial charge in [0.25, 0.3) is 5.91 Å². The van der Waals surface area contributed by atoms with Crippen molar-refractivity contribution in [2.75, 3.05) is 19.8 Å². The Morgan fingerprint density at radius 3 is 2.44 bits per heavy atom. The van der Waals surface area contributed by atoms with Crippen LogP contribution in [0.1, 0.15) is 22.3 Å². The Morgan fingerprint density at radius 2 is 1.88 bits per heavy atom. The summed E-state index contributed by atoms with van der Waals surface area (Å²) in [6.07, 6.45) is -1.45. The van der Waals surface area contributed by atoms with Crippen molar-refractivity contribution in [2.45, 2.75) is 30.6 Å². The van der Waals surface area contributed by atoms with E-state index in [1.807, 2.05) is 22.6 Å². The van der Waals surface area contributed by atoms with E-state index in [0.717, 1.165) is 0 Å². The van der Waals surface area contributed by atoms with Crippen LogP contribution >= 0.6 is 22.6 Å². The number of halogens is 1. The zero-order valence-electron chi connectivity index (χ0n) is 17.4. The second kappa shape index (κ2) is 7.40. The minimum Gasteiger partial charge on any atom is -0.508 e. The number of aromatic hydroxyl groups is 1. The Morgan fingerprint density at radius 1 is 1.25 bits per heavy atom. The lowest BCUT2D eigenvalue weighted by atomic mass is 9.54. The average Bonchev–Trinajstić information content (AvgIpc) is 2.68. The molecule has 1 fully saturated rings. The van der Waals surface area contributed by atoms with E-state index in [9.17, 15) is 34.8 Å². The number of hydrogen-bond donors (Lipinski definition) is 6. The number of phenolic OH excluding ortho intramolecular Hbond substituents is 1. The van der Waals surface area contributed by atoms with E-state index in [1.54, 1.807) is 20.2 Å². The fraction of sp³-hybridized carbons (Fsp3) is 0.476. The van der Waals surface area contributed by atoms with Gasteiger partial charge < -0.3 is 31.9 Å². The normalized spacial score (nSPS) is 34.2. The number of amides is 1. The third-order valence-corrected chi connectivity index (χ3v) is 8.03. The Kier molecular flexibility index (Phi) is 5.31. The van der Waals surface area contributed by atoms with Gasteiger partial charge in [-0.2, -0.15) is 0 Å². The zero-order valence-corrected chi connectivity index (χ0v) is 19.5. The van der Waals surface area contributed by atoms with E-state index >= 15 is 0 Å². The maximum atomic E-state index is 13.4. The highest BCUT2D eigenvalue weighted by atomic mass is 127. The molecule has 6 atom stereocenters. The van der Waals surface area contributed by atoms with Crippen molar-refractivity contribution in [3.63, 3.8) is 0 Å². The predicted molar refractivity (Wildman–Crippen MR) is 121 cm³/mol. The van der Waals surface area contributed by atoms with Crippen molar-refractivity contribution >= 4 is 45.8 Å². The maximum Gasteiger partial charge on any atom is 0.255 e. The number of carbonyl (C=O) groups excluding carboxylic acids is 3. The van der Waals surface area contributed by atoms with E-state index in [1.165, 1.54) is 4.90 Å². The molecule has 32 heavy (non-hydrogen) atoms. The van der Waals surface area contributed by atoms with E-state index in [-0.39, 0.29) is 23.4 Å². The Hall–Kier alpha value is -2.22. The van der Waals surface area contributed by atoms with Gasteiger partial charge in [-0.05, 0) is 67.1 Å². The van der Waals surface area contributed by atoms with Gasteiger partial charge in [-0.3, -0.25) is 19.3 Å². The summed E-state index contributed by atoms with van der Waals surface area (Å²) in [5.41, 5.74) is 8.51. The predicted octanol–water partition coefficient (Wildman–Crippen LogP) is -0.528. The molecule has 3 aliphatic rings. The number of nitrogen functional groups attached to an aromatic ring is 1. The standard InChI is InChI=1S/C21H24IN3O7/c1-25(2)14-8-4-6-3-7-5-9(22)13(23)16(27)10(7)15(26)11(6)18(29)21(8,32)19(30)12(17(14)28)20(24)31/h5-6,8,11,14,18,27,29-30,32H,3-4,23H2,1-2H3,(H2,24,31)/t6?,8?,11?,14-,18?,21?/m0/s1. The van der Waals surface area contributed by atoms with Gasteiger partial charge in [-0.1, -0.05) is 0 Å². The Balaban J connectivity index is 1.91. The van der Waals surface area contributed by atoms with Crippen molar-refractivity contribution in [1.29, 1.82) is 0 Å². The number of aliphatic hydroxyl groups is 3. The SMILES string of the molecule is CN(C)[C@@H]1C(=O)C(C(N)=O)=C(O)C2(O)C(O)C3C(=O)c4c(cc(I)c(N)c4O)CC3CC12. The molecule has 1 amide bonds. The number of Topliss-reactive ketones (excluding diaryl/α,β-unsaturated/α-hetero) is 2. The molecule has 5 unspecified atom stereocenters. The molecule has 172 valence electrons. The summed E-state index contributed by atoms with van der Waals surface area (Å²) >= 11 is 1.95. The monoisotopic (exact) mass is 557 g/mol. The Labute approximate surface area is 197 Å². The lowest BCUT2D eigenvalue weighted by Crippen LogP contribution is -2.69. The quantitative estimate of drug-likeness (QED) is 0.120. The largest absolute Gasteiger partial charge is 0.508 e. The highest BCUT2D eigenvalue weighted by Crippen LogP contribution is 2.54. The third kappa shape index (κ3) is 2.84. The van der Waals surface area contributed by atoms with Crippen LogP contribution in [0.25, 0.3) is 0 Å². The summed E-state index contributed by atoms with van der Waals surface area (Å²) in [6.45, 7) is 0. The van der Waals surface area contributed by atoms with Crippen LogP contribution in [0.4, 0.5) is 5.69 Å². The summed E-state index contributed by atoms with van der Waals surface area (Å²) in [5.74, 6) is -6.69. The number of fused-ring (bicyclic) bond motifs is 3. The number of hydrogen-bond acceptors (Lipinski definition) is 9. The molecule has 10 nitrogen and oxygen atoms in total. The van der Waals surface area contributed by atoms with Crippen LogP contribution in [0.2, 0.25) is 0 Å². The van der Waals surface area contributed by atoms with Crippen molar-refractivity contribution in [3.8, 4) is 5.75 Å². The molecule has 0 radical (unpaired) electrons. The van der Waals surface area contributed by atoms with Gasteiger partial charge in [0.05, 0.1) is 23.2 Å². The van der Waals surface area contributed by atoms with Crippen LogP contribution < -0.4 is 11.5 Å². The Bertz CT molecular complexity index is 1100. The van der Waals surface area contributed by atoms with Crippen LogP contribution in [0.15, 0.2) is 17.4 Å². The summed E-state index contributed by atoms with van der Waals surface area (Å²) in [7, 11) is 3.15. The van der Waals surface area contributed by atoms with E-state index in [4.69, 9.17) is 11.5 Å². The number of aliphatic hydroxyl groups excluding tert-OH is 2. The van der Waals surface area contributed by atoms with E-state index < -0.39 is 64.3 Å². The molecular weight excluding hydrogens is 533 g/mol. The first kappa shape index (κ1) is 23.0. The van der Waals surface area contributed by atoms with Gasteiger partial charge in [0.15, 0.2) is 22.9 Å². The van der Waals surface area contributed by atoms with Crippen molar-refractivity contribution in [3.05, 3.63) is 32.1 Å². The summed E-state index contributed by atoms with van der Waals surface area (Å²) in [6, 6.07) is 0.648. The summed E-state index contributed by atoms with van der Waals surface area (Å²) < 4.78 is 0.573. The fourth-order valence-electron chi connectivity index (χ4n) is 5.72. The molecule has 0 spiro atoms. The topological polar surface area (TPSA) is 187 Å². The lowest BCUT2D eigenvalue weighted by Gasteiger charge is -2.55. The molecule has 1 saturated carbocycles. The van der Waals surface area contributed by atoms with Gasteiger partial charge in [0.2, 0.25) is 0 Å². The smallest absolute Gasteiger partial charge is 0.255 e. The van der Waals surface area contributed by atoms with Crippen LogP contribution in [0, 0.1) is 21.3 Å². The minimum atomic E-state index is -2.45. The number of anilines is 1. The first-order valence-electron chi connectivity index (χ1n) is 10.0. The second-order valence-electron chi connectivity index (χ2n) is 8.98. The molecule has 0 heterocycles. The fourth-order valence-corrected chi connectivity index (χ4v) is 6.36. The van der Waals surface area contributed by atoms with Crippen LogP contribution in [-0.2, 0) is 16.0 Å². The highest BCUT2D eigenvalue weighted by Gasteiger charge is 2.65. The highest BCUT2D eigenvalue weighted by molar-refractivity contribution is 14.1. The molecule has 0 saturated heterocycles. The molecule has 1 aromatic rings. The van der Waals surface area contributed by atoms with Gasteiger partial charge in [0.1, 0.15) is 17.4 Å². The van der Waals surface area contributed by atoms with Gasteiger partial charge in [0, 0.05) is 9.49 Å². The minimum absolute atomic E-state index is 0.0279.